The smallest absolute Gasteiger partial charge is 0.238 e. The number of nitrogens with zero attached hydrogens (tertiary/aromatic N) is 1. The largest absolute Gasteiger partial charge is 0.354 e. The first-order chi connectivity index (χ1) is 9.66. The molecule has 1 aromatic rings. The lowest BCUT2D eigenvalue weighted by Gasteiger charge is -2.32. The Balaban J connectivity index is 1.75. The van der Waals surface area contributed by atoms with Crippen LogP contribution in [0.1, 0.15) is 12.5 Å². The van der Waals surface area contributed by atoms with Gasteiger partial charge in [0.1, 0.15) is 6.04 Å². The predicted molar refractivity (Wildman–Crippen MR) is 77.2 cm³/mol. The van der Waals surface area contributed by atoms with Crippen LogP contribution < -0.4 is 10.6 Å². The van der Waals surface area contributed by atoms with Gasteiger partial charge in [0.15, 0.2) is 0 Å². The van der Waals surface area contributed by atoms with E-state index in [0.29, 0.717) is 26.2 Å². The second-order valence-electron chi connectivity index (χ2n) is 5.00. The van der Waals surface area contributed by atoms with Gasteiger partial charge in [0.2, 0.25) is 11.8 Å². The summed E-state index contributed by atoms with van der Waals surface area (Å²) in [4.78, 5) is 25.1. The fourth-order valence-electron chi connectivity index (χ4n) is 2.31. The third-order valence-corrected chi connectivity index (χ3v) is 3.49. The van der Waals surface area contributed by atoms with Gasteiger partial charge in [-0.2, -0.15) is 0 Å². The highest BCUT2D eigenvalue weighted by Gasteiger charge is 2.26. The summed E-state index contributed by atoms with van der Waals surface area (Å²) in [6.45, 7) is 3.93. The Bertz CT molecular complexity index is 461. The molecule has 0 aliphatic carbocycles. The summed E-state index contributed by atoms with van der Waals surface area (Å²) in [6, 6.07) is 9.74. The highest BCUT2D eigenvalue weighted by atomic mass is 16.2. The monoisotopic (exact) mass is 275 g/mol. The summed E-state index contributed by atoms with van der Waals surface area (Å²) >= 11 is 0. The lowest BCUT2D eigenvalue weighted by Crippen LogP contribution is -2.58. The summed E-state index contributed by atoms with van der Waals surface area (Å²) in [5.74, 6) is -0.0135. The lowest BCUT2D eigenvalue weighted by molar-refractivity contribution is -0.132. The Morgan fingerprint density at radius 3 is 2.80 bits per heavy atom. The molecule has 1 heterocycles. The van der Waals surface area contributed by atoms with Crippen LogP contribution in [0.3, 0.4) is 0 Å². The molecule has 0 saturated carbocycles. The first-order valence-corrected chi connectivity index (χ1v) is 6.97. The molecule has 0 unspecified atom stereocenters. The summed E-state index contributed by atoms with van der Waals surface area (Å²) in [6.07, 6.45) is 0.815. The van der Waals surface area contributed by atoms with Crippen molar-refractivity contribution in [1.29, 1.82) is 0 Å². The molecule has 108 valence electrons. The van der Waals surface area contributed by atoms with Crippen LogP contribution in [0.4, 0.5) is 0 Å². The van der Waals surface area contributed by atoms with Crippen LogP contribution >= 0.6 is 0 Å². The van der Waals surface area contributed by atoms with Gasteiger partial charge in [-0.3, -0.25) is 9.59 Å². The normalized spacial score (nSPS) is 18.6. The van der Waals surface area contributed by atoms with Gasteiger partial charge in [-0.25, -0.2) is 0 Å². The number of amides is 2. The summed E-state index contributed by atoms with van der Waals surface area (Å²) < 4.78 is 0. The number of piperazine rings is 1. The Kier molecular flexibility index (Phi) is 5.12. The van der Waals surface area contributed by atoms with Gasteiger partial charge in [-0.15, -0.1) is 0 Å². The zero-order chi connectivity index (χ0) is 14.4. The number of rotatable bonds is 4. The molecule has 1 aliphatic heterocycles. The molecule has 0 bridgehead atoms. The van der Waals surface area contributed by atoms with E-state index in [1.807, 2.05) is 30.3 Å². The maximum Gasteiger partial charge on any atom is 0.238 e. The summed E-state index contributed by atoms with van der Waals surface area (Å²) in [5.41, 5.74) is 1.20. The quantitative estimate of drug-likeness (QED) is 0.823. The molecule has 1 fully saturated rings. The molecule has 1 aromatic carbocycles. The Morgan fingerprint density at radius 1 is 1.35 bits per heavy atom. The molecule has 1 aliphatic rings. The average molecular weight is 275 g/mol. The van der Waals surface area contributed by atoms with Crippen molar-refractivity contribution in [2.45, 2.75) is 19.4 Å². The maximum atomic E-state index is 12.0. The van der Waals surface area contributed by atoms with Crippen LogP contribution in [0.5, 0.6) is 0 Å². The van der Waals surface area contributed by atoms with Gasteiger partial charge in [0.25, 0.3) is 0 Å². The van der Waals surface area contributed by atoms with Crippen molar-refractivity contribution in [2.24, 2.45) is 0 Å². The number of nitrogens with one attached hydrogen (secondary N) is 2. The minimum Gasteiger partial charge on any atom is -0.354 e. The molecule has 0 radical (unpaired) electrons. The number of carbonyl (C=O) groups excluding carboxylic acids is 2. The molecule has 1 atom stereocenters. The van der Waals surface area contributed by atoms with E-state index in [1.54, 1.807) is 4.90 Å². The molecule has 1 saturated heterocycles. The fourth-order valence-corrected chi connectivity index (χ4v) is 2.31. The molecular formula is C15H21N3O2. The van der Waals surface area contributed by atoms with Gasteiger partial charge in [-0.1, -0.05) is 30.3 Å². The predicted octanol–water partition coefficient (Wildman–Crippen LogP) is 0.166. The Hall–Kier alpha value is -1.88. The first kappa shape index (κ1) is 14.5. The van der Waals surface area contributed by atoms with Gasteiger partial charge in [-0.05, 0) is 12.0 Å². The van der Waals surface area contributed by atoms with Crippen molar-refractivity contribution in [3.8, 4) is 0 Å². The van der Waals surface area contributed by atoms with Crippen LogP contribution in [0.15, 0.2) is 30.3 Å². The van der Waals surface area contributed by atoms with E-state index in [2.05, 4.69) is 10.6 Å². The van der Waals surface area contributed by atoms with E-state index in [-0.39, 0.29) is 17.9 Å². The SMILES string of the molecule is CC(=O)N1CCN[C@H](C(=O)NCCc2ccccc2)C1. The van der Waals surface area contributed by atoms with Crippen LogP contribution in [0.25, 0.3) is 0 Å². The van der Waals surface area contributed by atoms with E-state index < -0.39 is 0 Å². The topological polar surface area (TPSA) is 61.4 Å². The second-order valence-corrected chi connectivity index (χ2v) is 5.00. The van der Waals surface area contributed by atoms with Crippen molar-refractivity contribution in [3.63, 3.8) is 0 Å². The third-order valence-electron chi connectivity index (χ3n) is 3.49. The van der Waals surface area contributed by atoms with Crippen molar-refractivity contribution < 1.29 is 9.59 Å². The molecule has 2 amide bonds. The summed E-state index contributed by atoms with van der Waals surface area (Å²) in [7, 11) is 0. The zero-order valence-corrected chi connectivity index (χ0v) is 11.8. The number of hydrogen-bond acceptors (Lipinski definition) is 3. The van der Waals surface area contributed by atoms with Gasteiger partial charge in [0.05, 0.1) is 0 Å². The maximum absolute atomic E-state index is 12.0. The van der Waals surface area contributed by atoms with Gasteiger partial charge >= 0.3 is 0 Å². The van der Waals surface area contributed by atoms with Crippen LogP contribution in [-0.4, -0.2) is 48.9 Å². The van der Waals surface area contributed by atoms with Crippen LogP contribution in [-0.2, 0) is 16.0 Å². The fraction of sp³-hybridized carbons (Fsp3) is 0.467. The lowest BCUT2D eigenvalue weighted by atomic mass is 10.1. The zero-order valence-electron chi connectivity index (χ0n) is 11.8. The highest BCUT2D eigenvalue weighted by molar-refractivity contribution is 5.83. The molecule has 2 N–H and O–H groups in total. The second kappa shape index (κ2) is 7.05. The van der Waals surface area contributed by atoms with Crippen molar-refractivity contribution in [3.05, 3.63) is 35.9 Å². The highest BCUT2D eigenvalue weighted by Crippen LogP contribution is 2.01. The van der Waals surface area contributed by atoms with Gasteiger partial charge in [0, 0.05) is 33.1 Å². The van der Waals surface area contributed by atoms with Crippen molar-refractivity contribution >= 4 is 11.8 Å². The number of carbonyl (C=O) groups is 2. The van der Waals surface area contributed by atoms with E-state index in [4.69, 9.17) is 0 Å². The van der Waals surface area contributed by atoms with Crippen LogP contribution in [0, 0.1) is 0 Å². The average Bonchev–Trinajstić information content (AvgIpc) is 2.48. The standard InChI is InChI=1S/C15H21N3O2/c1-12(19)18-10-9-16-14(11-18)15(20)17-8-7-13-5-3-2-4-6-13/h2-6,14,16H,7-11H2,1H3,(H,17,20)/t14-/m0/s1. The number of hydrogen-bond donors (Lipinski definition) is 2. The minimum atomic E-state index is -0.302. The van der Waals surface area contributed by atoms with Crippen molar-refractivity contribution in [1.82, 2.24) is 15.5 Å². The summed E-state index contributed by atoms with van der Waals surface area (Å²) in [5, 5.41) is 6.07. The first-order valence-electron chi connectivity index (χ1n) is 6.97. The minimum absolute atomic E-state index is 0.0218. The van der Waals surface area contributed by atoms with Gasteiger partial charge < -0.3 is 15.5 Å². The third kappa shape index (κ3) is 4.06. The molecule has 0 aromatic heterocycles. The Labute approximate surface area is 119 Å². The van der Waals surface area contributed by atoms with E-state index >= 15 is 0 Å². The molecule has 20 heavy (non-hydrogen) atoms. The molecule has 5 heteroatoms. The number of benzene rings is 1. The molecule has 0 spiro atoms. The van der Waals surface area contributed by atoms with Crippen LogP contribution in [0.2, 0.25) is 0 Å². The van der Waals surface area contributed by atoms with E-state index in [9.17, 15) is 9.59 Å². The molecule has 5 nitrogen and oxygen atoms in total. The molecule has 2 rings (SSSR count). The molecular weight excluding hydrogens is 254 g/mol. The van der Waals surface area contributed by atoms with Crippen molar-refractivity contribution in [2.75, 3.05) is 26.2 Å². The van der Waals surface area contributed by atoms with E-state index in [1.165, 1.54) is 12.5 Å². The Morgan fingerprint density at radius 2 is 2.10 bits per heavy atom. The van der Waals surface area contributed by atoms with E-state index in [0.717, 1.165) is 6.42 Å².